The molecule has 0 rings (SSSR count). The minimum atomic E-state index is -1.12. The third-order valence-electron chi connectivity index (χ3n) is 1.69. The number of carbonyl (C=O) groups excluding carboxylic acids is 1. The zero-order valence-electron chi connectivity index (χ0n) is 16.5. The first-order chi connectivity index (χ1) is 9.41. The van der Waals surface area contributed by atoms with Crippen LogP contribution in [0.1, 0.15) is 69.2 Å². The van der Waals surface area contributed by atoms with Crippen molar-refractivity contribution in [2.45, 2.75) is 92.0 Å². The normalized spacial score (nSPS) is 12.8. The van der Waals surface area contributed by atoms with Crippen molar-refractivity contribution < 1.29 is 56.0 Å². The second kappa shape index (κ2) is 10.2. The fourth-order valence-electron chi connectivity index (χ4n) is 1.62. The Morgan fingerprint density at radius 3 is 1.09 bits per heavy atom. The van der Waals surface area contributed by atoms with Gasteiger partial charge in [-0.1, -0.05) is 0 Å². The Kier molecular flexibility index (Phi) is 12.5. The molecule has 0 atom stereocenters. The summed E-state index contributed by atoms with van der Waals surface area (Å²) in [7, 11) is 0. The standard InChI is InChI=1S/C14H31NO3.C2H4O2.Zr/c1-11(2,3)16-14(10-15,17-12(4,5)6)18-13(7,8)9;1-2(3)4;/h10,15H2,1-9H3;1H3,(H,3,4);. The maximum atomic E-state index is 8.89. The SMILES string of the molecule is CC(=O)[O-].CC(C)(C)OC(C[NH3+])(OC(C)(C)C)OC(C)(C)C.[Zr]. The minimum absolute atomic E-state index is 0. The fourth-order valence-corrected chi connectivity index (χ4v) is 1.62. The van der Waals surface area contributed by atoms with E-state index in [2.05, 4.69) is 5.73 Å². The molecule has 0 bridgehead atoms. The van der Waals surface area contributed by atoms with Crippen LogP contribution >= 0.6 is 0 Å². The molecule has 138 valence electrons. The summed E-state index contributed by atoms with van der Waals surface area (Å²) in [6.45, 7) is 19.2. The molecule has 0 aliphatic carbocycles. The van der Waals surface area contributed by atoms with Gasteiger partial charge in [-0.15, -0.1) is 0 Å². The molecule has 0 saturated heterocycles. The van der Waals surface area contributed by atoms with Gasteiger partial charge in [-0.05, 0) is 69.2 Å². The second-order valence-corrected chi connectivity index (χ2v) is 8.07. The van der Waals surface area contributed by atoms with E-state index in [1.54, 1.807) is 0 Å². The number of ether oxygens (including phenoxy) is 3. The molecule has 0 amide bonds. The Balaban J connectivity index is -0.000000712. The maximum Gasteiger partial charge on any atom is 0.336 e. The summed E-state index contributed by atoms with van der Waals surface area (Å²) in [5, 5.41) is 8.89. The van der Waals surface area contributed by atoms with Crippen LogP contribution in [0.25, 0.3) is 0 Å². The number of hydrogen-bond donors (Lipinski definition) is 1. The Morgan fingerprint density at radius 2 is 1.00 bits per heavy atom. The molecule has 0 radical (unpaired) electrons. The van der Waals surface area contributed by atoms with Gasteiger partial charge in [-0.3, -0.25) is 0 Å². The monoisotopic (exact) mass is 411 g/mol. The number of hydrogen-bond acceptors (Lipinski definition) is 5. The van der Waals surface area contributed by atoms with Gasteiger partial charge in [-0.25, -0.2) is 0 Å². The summed E-state index contributed by atoms with van der Waals surface area (Å²) in [6.07, 6.45) is 0. The molecule has 0 unspecified atom stereocenters. The van der Waals surface area contributed by atoms with Gasteiger partial charge in [0, 0.05) is 32.2 Å². The van der Waals surface area contributed by atoms with Crippen LogP contribution < -0.4 is 10.8 Å². The summed E-state index contributed by atoms with van der Waals surface area (Å²) >= 11 is 0. The van der Waals surface area contributed by atoms with Crippen molar-refractivity contribution in [3.63, 3.8) is 0 Å². The van der Waals surface area contributed by atoms with Gasteiger partial charge in [0.15, 0.2) is 6.54 Å². The van der Waals surface area contributed by atoms with Crippen molar-refractivity contribution in [1.82, 2.24) is 0 Å². The van der Waals surface area contributed by atoms with Gasteiger partial charge in [-0.2, -0.15) is 0 Å². The molecule has 0 saturated carbocycles. The van der Waals surface area contributed by atoms with E-state index in [0.29, 0.717) is 6.54 Å². The molecule has 0 spiro atoms. The van der Waals surface area contributed by atoms with Gasteiger partial charge < -0.3 is 29.8 Å². The minimum Gasteiger partial charge on any atom is -0.550 e. The van der Waals surface area contributed by atoms with E-state index in [4.69, 9.17) is 24.1 Å². The molecule has 0 heterocycles. The van der Waals surface area contributed by atoms with Crippen LogP contribution in [0.2, 0.25) is 0 Å². The predicted octanol–water partition coefficient (Wildman–Crippen LogP) is 1.08. The van der Waals surface area contributed by atoms with Gasteiger partial charge >= 0.3 is 5.97 Å². The Morgan fingerprint density at radius 1 is 0.826 bits per heavy atom. The third-order valence-corrected chi connectivity index (χ3v) is 1.69. The van der Waals surface area contributed by atoms with Crippen LogP contribution in [0.5, 0.6) is 0 Å². The number of rotatable bonds is 4. The molecule has 3 N–H and O–H groups in total. The number of quaternary nitrogens is 1. The molecule has 0 aromatic carbocycles. The summed E-state index contributed by atoms with van der Waals surface area (Å²) in [5.74, 6) is -2.20. The summed E-state index contributed by atoms with van der Waals surface area (Å²) in [4.78, 5) is 8.89. The molecule has 0 aliphatic heterocycles. The van der Waals surface area contributed by atoms with Crippen molar-refractivity contribution in [2.24, 2.45) is 0 Å². The third kappa shape index (κ3) is 20.1. The van der Waals surface area contributed by atoms with Gasteiger partial charge in [0.25, 0.3) is 0 Å². The molecule has 23 heavy (non-hydrogen) atoms. The molecule has 0 aromatic heterocycles. The molecule has 0 aliphatic rings. The number of carboxylic acid groups (broad SMARTS) is 1. The molecule has 0 aromatic rings. The summed E-state index contributed by atoms with van der Waals surface area (Å²) in [5.41, 5.74) is 2.84. The number of aliphatic carboxylic acids is 1. The quantitative estimate of drug-likeness (QED) is 0.697. The van der Waals surface area contributed by atoms with Crippen LogP contribution in [0.3, 0.4) is 0 Å². The van der Waals surface area contributed by atoms with Crippen LogP contribution in [-0.2, 0) is 45.2 Å². The molecular formula is C16H35NO5Zr. The van der Waals surface area contributed by atoms with Gasteiger partial charge in [0.05, 0.1) is 16.8 Å². The van der Waals surface area contributed by atoms with Crippen LogP contribution in [0.4, 0.5) is 0 Å². The average Bonchev–Trinajstić information content (AvgIpc) is 2.07. The van der Waals surface area contributed by atoms with Crippen molar-refractivity contribution in [2.75, 3.05) is 6.54 Å². The molecular weight excluding hydrogens is 377 g/mol. The van der Waals surface area contributed by atoms with Crippen molar-refractivity contribution in [3.8, 4) is 0 Å². The van der Waals surface area contributed by atoms with Crippen molar-refractivity contribution in [3.05, 3.63) is 0 Å². The summed E-state index contributed by atoms with van der Waals surface area (Å²) in [6, 6.07) is 0. The van der Waals surface area contributed by atoms with Crippen molar-refractivity contribution >= 4 is 5.97 Å². The van der Waals surface area contributed by atoms with Crippen molar-refractivity contribution in [1.29, 1.82) is 0 Å². The molecule has 0 fully saturated rings. The second-order valence-electron chi connectivity index (χ2n) is 8.07. The molecule has 6 nitrogen and oxygen atoms in total. The fraction of sp³-hybridized carbons (Fsp3) is 0.938. The topological polar surface area (TPSA) is 95.5 Å². The maximum absolute atomic E-state index is 8.89. The van der Waals surface area contributed by atoms with E-state index >= 15 is 0 Å². The largest absolute Gasteiger partial charge is 0.550 e. The van der Waals surface area contributed by atoms with Gasteiger partial charge in [0.2, 0.25) is 0 Å². The Bertz CT molecular complexity index is 295. The van der Waals surface area contributed by atoms with E-state index in [0.717, 1.165) is 6.92 Å². The Hall–Kier alpha value is 0.193. The van der Waals surface area contributed by atoms with E-state index < -0.39 is 11.9 Å². The van der Waals surface area contributed by atoms with Crippen LogP contribution in [0, 0.1) is 0 Å². The van der Waals surface area contributed by atoms with E-state index in [-0.39, 0.29) is 43.0 Å². The zero-order chi connectivity index (χ0) is 18.4. The van der Waals surface area contributed by atoms with Crippen LogP contribution in [0.15, 0.2) is 0 Å². The van der Waals surface area contributed by atoms with E-state index in [9.17, 15) is 0 Å². The van der Waals surface area contributed by atoms with Gasteiger partial charge in [0.1, 0.15) is 0 Å². The Labute approximate surface area is 160 Å². The first-order valence-electron chi connectivity index (χ1n) is 7.49. The zero-order valence-corrected chi connectivity index (χ0v) is 18.9. The average molecular weight is 413 g/mol. The first-order valence-corrected chi connectivity index (χ1v) is 7.49. The van der Waals surface area contributed by atoms with Crippen LogP contribution in [-0.4, -0.2) is 35.3 Å². The smallest absolute Gasteiger partial charge is 0.336 e. The van der Waals surface area contributed by atoms with E-state index in [1.165, 1.54) is 0 Å². The molecule has 7 heteroatoms. The first kappa shape index (κ1) is 28.0. The number of carboxylic acids is 1. The predicted molar refractivity (Wildman–Crippen MR) is 83.7 cm³/mol. The van der Waals surface area contributed by atoms with E-state index in [1.807, 2.05) is 62.3 Å². The number of carbonyl (C=O) groups is 1. The summed E-state index contributed by atoms with van der Waals surface area (Å²) < 4.78 is 18.1.